The van der Waals surface area contributed by atoms with E-state index in [1.165, 1.54) is 0 Å². The van der Waals surface area contributed by atoms with Crippen LogP contribution < -0.4 is 0 Å². The SMILES string of the molecule is CCN(C(=O)COC(=O)c1cc(C)nc2onc(C)c12)C1=CCCC1. The molecule has 0 atom stereocenters. The van der Waals surface area contributed by atoms with Crippen molar-refractivity contribution in [2.24, 2.45) is 0 Å². The van der Waals surface area contributed by atoms with E-state index in [1.807, 2.05) is 6.92 Å². The average Bonchev–Trinajstić information content (AvgIpc) is 3.23. The smallest absolute Gasteiger partial charge is 0.339 e. The van der Waals surface area contributed by atoms with Crippen LogP contribution >= 0.6 is 0 Å². The normalized spacial score (nSPS) is 13.8. The summed E-state index contributed by atoms with van der Waals surface area (Å²) < 4.78 is 10.4. The van der Waals surface area contributed by atoms with Crippen molar-refractivity contribution in [2.75, 3.05) is 13.2 Å². The number of pyridine rings is 1. The zero-order valence-corrected chi connectivity index (χ0v) is 14.7. The Balaban J connectivity index is 1.74. The van der Waals surface area contributed by atoms with Crippen LogP contribution in [0.2, 0.25) is 0 Å². The number of carbonyl (C=O) groups excluding carboxylic acids is 2. The van der Waals surface area contributed by atoms with Crippen molar-refractivity contribution in [3.8, 4) is 0 Å². The minimum Gasteiger partial charge on any atom is -0.452 e. The molecule has 2 heterocycles. The van der Waals surface area contributed by atoms with E-state index >= 15 is 0 Å². The molecule has 0 radical (unpaired) electrons. The Hall–Kier alpha value is -2.70. The van der Waals surface area contributed by atoms with Crippen LogP contribution in [0.5, 0.6) is 0 Å². The third kappa shape index (κ3) is 3.40. The van der Waals surface area contributed by atoms with Gasteiger partial charge in [-0.15, -0.1) is 0 Å². The quantitative estimate of drug-likeness (QED) is 0.776. The zero-order valence-electron chi connectivity index (χ0n) is 14.7. The molecule has 1 aliphatic rings. The molecule has 0 spiro atoms. The van der Waals surface area contributed by atoms with E-state index in [9.17, 15) is 9.59 Å². The number of esters is 1. The first-order valence-electron chi connectivity index (χ1n) is 8.41. The second-order valence-electron chi connectivity index (χ2n) is 6.06. The number of hydrogen-bond acceptors (Lipinski definition) is 6. The average molecular weight is 343 g/mol. The number of aryl methyl sites for hydroxylation is 2. The summed E-state index contributed by atoms with van der Waals surface area (Å²) in [6, 6.07) is 1.62. The maximum absolute atomic E-state index is 12.5. The lowest BCUT2D eigenvalue weighted by molar-refractivity contribution is -0.132. The molecule has 2 aromatic rings. The number of nitrogens with zero attached hydrogens (tertiary/aromatic N) is 3. The summed E-state index contributed by atoms with van der Waals surface area (Å²) in [5.41, 5.74) is 2.81. The summed E-state index contributed by atoms with van der Waals surface area (Å²) in [5, 5.41) is 4.36. The summed E-state index contributed by atoms with van der Waals surface area (Å²) in [6.07, 6.45) is 5.00. The van der Waals surface area contributed by atoms with Gasteiger partial charge in [0.05, 0.1) is 16.6 Å². The second-order valence-corrected chi connectivity index (χ2v) is 6.06. The number of rotatable bonds is 5. The minimum absolute atomic E-state index is 0.215. The molecule has 0 fully saturated rings. The number of amides is 1. The summed E-state index contributed by atoms with van der Waals surface area (Å²) in [5.74, 6) is -0.792. The number of allylic oxidation sites excluding steroid dienone is 2. The van der Waals surface area contributed by atoms with Crippen LogP contribution in [-0.4, -0.2) is 40.1 Å². The van der Waals surface area contributed by atoms with E-state index in [2.05, 4.69) is 16.2 Å². The van der Waals surface area contributed by atoms with Crippen molar-refractivity contribution >= 4 is 23.0 Å². The van der Waals surface area contributed by atoms with Gasteiger partial charge in [0, 0.05) is 17.9 Å². The van der Waals surface area contributed by atoms with Gasteiger partial charge in [-0.1, -0.05) is 11.2 Å². The monoisotopic (exact) mass is 343 g/mol. The molecule has 2 aromatic heterocycles. The van der Waals surface area contributed by atoms with Gasteiger partial charge in [0.25, 0.3) is 11.6 Å². The lowest BCUT2D eigenvalue weighted by atomic mass is 10.1. The third-order valence-electron chi connectivity index (χ3n) is 4.27. The lowest BCUT2D eigenvalue weighted by Crippen LogP contribution is -2.33. The van der Waals surface area contributed by atoms with Gasteiger partial charge in [0.1, 0.15) is 0 Å². The fourth-order valence-electron chi connectivity index (χ4n) is 3.10. The fourth-order valence-corrected chi connectivity index (χ4v) is 3.10. The molecule has 7 nitrogen and oxygen atoms in total. The highest BCUT2D eigenvalue weighted by atomic mass is 16.5. The van der Waals surface area contributed by atoms with E-state index in [0.29, 0.717) is 34.6 Å². The van der Waals surface area contributed by atoms with Crippen LogP contribution in [-0.2, 0) is 9.53 Å². The number of likely N-dealkylation sites (N-methyl/N-ethyl adjacent to an activating group) is 1. The van der Waals surface area contributed by atoms with Crippen LogP contribution in [0, 0.1) is 13.8 Å². The number of aromatic nitrogens is 2. The molecular weight excluding hydrogens is 322 g/mol. The summed E-state index contributed by atoms with van der Waals surface area (Å²) >= 11 is 0. The Kier molecular flexibility index (Phi) is 4.83. The van der Waals surface area contributed by atoms with Gasteiger partial charge in [0.15, 0.2) is 6.61 Å². The zero-order chi connectivity index (χ0) is 18.0. The number of fused-ring (bicyclic) bond motifs is 1. The number of carbonyl (C=O) groups is 2. The molecule has 0 unspecified atom stereocenters. The Morgan fingerprint density at radius 1 is 1.36 bits per heavy atom. The lowest BCUT2D eigenvalue weighted by Gasteiger charge is -2.22. The Bertz CT molecular complexity index is 853. The predicted octanol–water partition coefficient (Wildman–Crippen LogP) is 2.91. The fraction of sp³-hybridized carbons (Fsp3) is 0.444. The predicted molar refractivity (Wildman–Crippen MR) is 90.9 cm³/mol. The molecule has 0 saturated heterocycles. The van der Waals surface area contributed by atoms with E-state index in [4.69, 9.17) is 9.26 Å². The highest BCUT2D eigenvalue weighted by Gasteiger charge is 2.23. The largest absolute Gasteiger partial charge is 0.452 e. The van der Waals surface area contributed by atoms with Crippen molar-refractivity contribution in [1.82, 2.24) is 15.0 Å². The highest BCUT2D eigenvalue weighted by molar-refractivity contribution is 6.03. The molecular formula is C18H21N3O4. The molecule has 3 rings (SSSR count). The Morgan fingerprint density at radius 3 is 2.84 bits per heavy atom. The number of ether oxygens (including phenoxy) is 1. The van der Waals surface area contributed by atoms with Crippen molar-refractivity contribution in [2.45, 2.75) is 40.0 Å². The Morgan fingerprint density at radius 2 is 2.16 bits per heavy atom. The Labute approximate surface area is 145 Å². The van der Waals surface area contributed by atoms with E-state index in [0.717, 1.165) is 25.0 Å². The number of hydrogen-bond donors (Lipinski definition) is 0. The molecule has 1 amide bonds. The maximum Gasteiger partial charge on any atom is 0.339 e. The molecule has 132 valence electrons. The van der Waals surface area contributed by atoms with Crippen molar-refractivity contribution in [1.29, 1.82) is 0 Å². The van der Waals surface area contributed by atoms with Crippen molar-refractivity contribution in [3.63, 3.8) is 0 Å². The first-order valence-corrected chi connectivity index (χ1v) is 8.41. The van der Waals surface area contributed by atoms with Crippen LogP contribution in [0.1, 0.15) is 47.9 Å². The van der Waals surface area contributed by atoms with E-state index < -0.39 is 5.97 Å². The van der Waals surface area contributed by atoms with Gasteiger partial charge in [-0.05, 0) is 46.1 Å². The topological polar surface area (TPSA) is 85.5 Å². The third-order valence-corrected chi connectivity index (χ3v) is 4.27. The second kappa shape index (κ2) is 7.04. The molecule has 1 aliphatic carbocycles. The van der Waals surface area contributed by atoms with Gasteiger partial charge < -0.3 is 14.2 Å². The maximum atomic E-state index is 12.5. The first-order chi connectivity index (χ1) is 12.0. The van der Waals surface area contributed by atoms with Gasteiger partial charge in [-0.25, -0.2) is 9.78 Å². The van der Waals surface area contributed by atoms with E-state index in [-0.39, 0.29) is 12.5 Å². The van der Waals surface area contributed by atoms with Crippen molar-refractivity contribution in [3.05, 3.63) is 34.8 Å². The van der Waals surface area contributed by atoms with Crippen LogP contribution in [0.25, 0.3) is 11.1 Å². The molecule has 0 aromatic carbocycles. The summed E-state index contributed by atoms with van der Waals surface area (Å²) in [7, 11) is 0. The summed E-state index contributed by atoms with van der Waals surface area (Å²) in [4.78, 5) is 30.8. The van der Waals surface area contributed by atoms with Gasteiger partial charge in [-0.2, -0.15) is 0 Å². The van der Waals surface area contributed by atoms with Gasteiger partial charge in [-0.3, -0.25) is 4.79 Å². The first kappa shape index (κ1) is 17.1. The minimum atomic E-state index is -0.577. The van der Waals surface area contributed by atoms with Crippen LogP contribution in [0.4, 0.5) is 0 Å². The van der Waals surface area contributed by atoms with Gasteiger partial charge >= 0.3 is 5.97 Å². The van der Waals surface area contributed by atoms with Crippen LogP contribution in [0.3, 0.4) is 0 Å². The molecule has 0 bridgehead atoms. The molecule has 0 aliphatic heterocycles. The molecule has 0 N–H and O–H groups in total. The molecule has 25 heavy (non-hydrogen) atoms. The molecule has 0 saturated carbocycles. The highest BCUT2D eigenvalue weighted by Crippen LogP contribution is 2.23. The van der Waals surface area contributed by atoms with Crippen LogP contribution in [0.15, 0.2) is 22.4 Å². The summed E-state index contributed by atoms with van der Waals surface area (Å²) in [6.45, 7) is 5.67. The standard InChI is InChI=1S/C18H21N3O4/c1-4-21(13-7-5-6-8-13)15(22)10-24-18(23)14-9-11(2)19-17-16(14)12(3)20-25-17/h7,9H,4-6,8,10H2,1-3H3. The van der Waals surface area contributed by atoms with E-state index in [1.54, 1.807) is 24.8 Å². The molecule has 7 heteroatoms. The van der Waals surface area contributed by atoms with Gasteiger partial charge in [0.2, 0.25) is 0 Å². The van der Waals surface area contributed by atoms with Crippen molar-refractivity contribution < 1.29 is 18.8 Å².